The van der Waals surface area contributed by atoms with Gasteiger partial charge in [-0.1, -0.05) is 320 Å². The van der Waals surface area contributed by atoms with E-state index in [0.717, 1.165) is 51.4 Å². The van der Waals surface area contributed by atoms with Crippen LogP contribution >= 0.6 is 0 Å². The molecule has 0 spiro atoms. The fourth-order valence-corrected chi connectivity index (χ4v) is 10.3. The molecule has 0 bridgehead atoms. The number of hydrogen-bond donors (Lipinski definition) is 3. The number of carbonyl (C=O) groups is 2. The molecule has 0 aromatic heterocycles. The number of aliphatic hydroxyl groups is 2. The third kappa shape index (κ3) is 59.3. The van der Waals surface area contributed by atoms with Gasteiger partial charge < -0.3 is 20.3 Å². The van der Waals surface area contributed by atoms with Gasteiger partial charge >= 0.3 is 5.97 Å². The highest BCUT2D eigenvalue weighted by Gasteiger charge is 2.18. The quantitative estimate of drug-likeness (QED) is 0.0320. The van der Waals surface area contributed by atoms with Crippen molar-refractivity contribution in [2.45, 2.75) is 373 Å². The fourth-order valence-electron chi connectivity index (χ4n) is 10.3. The highest BCUT2D eigenvalue weighted by Crippen LogP contribution is 2.18. The zero-order valence-corrected chi connectivity index (χ0v) is 49.8. The second-order valence-corrected chi connectivity index (χ2v) is 22.8. The van der Waals surface area contributed by atoms with Crippen molar-refractivity contribution >= 4 is 11.9 Å². The highest BCUT2D eigenvalue weighted by atomic mass is 16.5. The molecule has 0 aromatic carbocycles. The molecular formula is C68H129NO5. The van der Waals surface area contributed by atoms with Crippen LogP contribution in [0.3, 0.4) is 0 Å². The zero-order valence-electron chi connectivity index (χ0n) is 49.8. The second-order valence-electron chi connectivity index (χ2n) is 22.8. The standard InChI is InChI=1S/C68H129NO5/c1-3-5-7-9-11-13-15-17-19-21-22-23-24-25-26-27-29-32-36-40-44-48-52-56-60-66(71)65(64-70)69-67(72)61-57-53-49-45-41-37-33-30-31-35-39-43-47-51-55-59-63-74-68(73)62-58-54-50-46-42-38-34-28-20-18-16-14-12-10-8-6-4-2/h12,14,18,20,56,60,65-66,70-71H,3-11,13,15-17,19,21-55,57-59,61-64H2,1-2H3,(H,69,72)/b14-12-,20-18-,60-56+. The highest BCUT2D eigenvalue weighted by molar-refractivity contribution is 5.76. The lowest BCUT2D eigenvalue weighted by Gasteiger charge is -2.20. The average Bonchev–Trinajstić information content (AvgIpc) is 3.40. The molecule has 2 atom stereocenters. The van der Waals surface area contributed by atoms with E-state index < -0.39 is 12.1 Å². The van der Waals surface area contributed by atoms with Gasteiger partial charge in [0.2, 0.25) is 5.91 Å². The van der Waals surface area contributed by atoms with Gasteiger partial charge in [-0.15, -0.1) is 0 Å². The fraction of sp³-hybridized carbons (Fsp3) is 0.882. The lowest BCUT2D eigenvalue weighted by atomic mass is 10.0. The predicted molar refractivity (Wildman–Crippen MR) is 324 cm³/mol. The summed E-state index contributed by atoms with van der Waals surface area (Å²) < 4.78 is 5.49. The first-order chi connectivity index (χ1) is 36.5. The predicted octanol–water partition coefficient (Wildman–Crippen LogP) is 21.1. The van der Waals surface area contributed by atoms with Crippen molar-refractivity contribution in [1.29, 1.82) is 0 Å². The summed E-state index contributed by atoms with van der Waals surface area (Å²) in [5, 5.41) is 23.2. The van der Waals surface area contributed by atoms with E-state index in [1.165, 1.54) is 283 Å². The minimum atomic E-state index is -0.851. The first kappa shape index (κ1) is 72.1. The van der Waals surface area contributed by atoms with Crippen LogP contribution in [-0.2, 0) is 14.3 Å². The van der Waals surface area contributed by atoms with Crippen LogP contribution < -0.4 is 5.32 Å². The summed E-state index contributed by atoms with van der Waals surface area (Å²) in [6.45, 7) is 4.89. The molecule has 1 amide bonds. The Labute approximate surface area is 462 Å². The molecule has 0 aliphatic heterocycles. The molecule has 0 fully saturated rings. The van der Waals surface area contributed by atoms with E-state index in [2.05, 4.69) is 43.5 Å². The van der Waals surface area contributed by atoms with Crippen LogP contribution in [0.1, 0.15) is 361 Å². The van der Waals surface area contributed by atoms with E-state index in [1.54, 1.807) is 6.08 Å². The Balaban J connectivity index is 3.45. The van der Waals surface area contributed by atoms with E-state index in [-0.39, 0.29) is 18.5 Å². The van der Waals surface area contributed by atoms with Gasteiger partial charge in [-0.2, -0.15) is 0 Å². The first-order valence-corrected chi connectivity index (χ1v) is 33.3. The Morgan fingerprint density at radius 3 is 1.05 bits per heavy atom. The number of amides is 1. The van der Waals surface area contributed by atoms with Crippen molar-refractivity contribution < 1.29 is 24.5 Å². The van der Waals surface area contributed by atoms with Crippen LogP contribution in [0.25, 0.3) is 0 Å². The number of unbranched alkanes of at least 4 members (excludes halogenated alkanes) is 47. The number of ether oxygens (including phenoxy) is 1. The molecule has 0 aromatic rings. The molecular weight excluding hydrogens is 911 g/mol. The molecule has 0 saturated heterocycles. The van der Waals surface area contributed by atoms with Gasteiger partial charge in [0.1, 0.15) is 0 Å². The monoisotopic (exact) mass is 1040 g/mol. The van der Waals surface area contributed by atoms with Crippen molar-refractivity contribution in [3.8, 4) is 0 Å². The Morgan fingerprint density at radius 2 is 0.676 bits per heavy atom. The summed E-state index contributed by atoms with van der Waals surface area (Å²) >= 11 is 0. The molecule has 0 rings (SSSR count). The van der Waals surface area contributed by atoms with E-state index in [4.69, 9.17) is 4.74 Å². The van der Waals surface area contributed by atoms with Gasteiger partial charge in [0.25, 0.3) is 0 Å². The molecule has 0 saturated carbocycles. The van der Waals surface area contributed by atoms with Crippen LogP contribution in [0.15, 0.2) is 36.5 Å². The van der Waals surface area contributed by atoms with Gasteiger partial charge in [-0.3, -0.25) is 9.59 Å². The Morgan fingerprint density at radius 1 is 0.378 bits per heavy atom. The van der Waals surface area contributed by atoms with E-state index >= 15 is 0 Å². The Hall–Kier alpha value is -1.92. The number of carbonyl (C=O) groups excluding carboxylic acids is 2. The van der Waals surface area contributed by atoms with Gasteiger partial charge in [0.15, 0.2) is 0 Å². The summed E-state index contributed by atoms with van der Waals surface area (Å²) in [5.74, 6) is -0.0765. The lowest BCUT2D eigenvalue weighted by molar-refractivity contribution is -0.143. The molecule has 436 valence electrons. The topological polar surface area (TPSA) is 95.9 Å². The minimum absolute atomic E-state index is 0.00492. The van der Waals surface area contributed by atoms with Crippen molar-refractivity contribution in [1.82, 2.24) is 5.32 Å². The molecule has 2 unspecified atom stereocenters. The molecule has 3 N–H and O–H groups in total. The van der Waals surface area contributed by atoms with Gasteiger partial charge in [0.05, 0.1) is 25.4 Å². The van der Waals surface area contributed by atoms with Gasteiger partial charge in [0, 0.05) is 12.8 Å². The van der Waals surface area contributed by atoms with Crippen LogP contribution in [0.4, 0.5) is 0 Å². The zero-order chi connectivity index (χ0) is 53.6. The minimum Gasteiger partial charge on any atom is -0.466 e. The largest absolute Gasteiger partial charge is 0.466 e. The normalized spacial score (nSPS) is 12.8. The SMILES string of the molecule is CCCCC/C=C\C/C=C\CCCCCCCCCC(=O)OCCCCCCCCCCCCCCCCCCC(=O)NC(CO)C(O)/C=C/CCCCCCCCCCCCCCCCCCCCCCCC. The van der Waals surface area contributed by atoms with E-state index in [9.17, 15) is 19.8 Å². The summed E-state index contributed by atoms with van der Waals surface area (Å²) in [5.41, 5.74) is 0. The number of allylic oxidation sites excluding steroid dienone is 5. The third-order valence-corrected chi connectivity index (χ3v) is 15.4. The van der Waals surface area contributed by atoms with Crippen LogP contribution in [0.2, 0.25) is 0 Å². The van der Waals surface area contributed by atoms with E-state index in [1.807, 2.05) is 6.08 Å². The molecule has 0 radical (unpaired) electrons. The van der Waals surface area contributed by atoms with Gasteiger partial charge in [-0.25, -0.2) is 0 Å². The second kappa shape index (κ2) is 63.6. The first-order valence-electron chi connectivity index (χ1n) is 33.3. The van der Waals surface area contributed by atoms with Crippen molar-refractivity contribution in [2.75, 3.05) is 13.2 Å². The maximum absolute atomic E-state index is 12.5. The maximum Gasteiger partial charge on any atom is 0.305 e. The van der Waals surface area contributed by atoms with Crippen molar-refractivity contribution in [2.24, 2.45) is 0 Å². The number of esters is 1. The number of aliphatic hydroxyl groups excluding tert-OH is 2. The van der Waals surface area contributed by atoms with Crippen LogP contribution in [0, 0.1) is 0 Å². The van der Waals surface area contributed by atoms with Crippen LogP contribution in [-0.4, -0.2) is 47.4 Å². The third-order valence-electron chi connectivity index (χ3n) is 15.4. The number of nitrogens with one attached hydrogen (secondary N) is 1. The molecule has 0 aliphatic rings. The summed E-state index contributed by atoms with van der Waals surface area (Å²) in [4.78, 5) is 24.6. The molecule has 6 nitrogen and oxygen atoms in total. The smallest absolute Gasteiger partial charge is 0.305 e. The number of hydrogen-bond acceptors (Lipinski definition) is 5. The molecule has 0 aliphatic carbocycles. The van der Waals surface area contributed by atoms with Crippen molar-refractivity contribution in [3.63, 3.8) is 0 Å². The molecule has 74 heavy (non-hydrogen) atoms. The Kier molecular flexibility index (Phi) is 62.0. The number of rotatable bonds is 62. The summed E-state index contributed by atoms with van der Waals surface area (Å²) in [6, 6.07) is -0.635. The van der Waals surface area contributed by atoms with Crippen molar-refractivity contribution in [3.05, 3.63) is 36.5 Å². The molecule has 0 heterocycles. The molecule has 6 heteroatoms. The average molecular weight is 1040 g/mol. The van der Waals surface area contributed by atoms with Crippen LogP contribution in [0.5, 0.6) is 0 Å². The lowest BCUT2D eigenvalue weighted by Crippen LogP contribution is -2.45. The maximum atomic E-state index is 12.5. The Bertz CT molecular complexity index is 1200. The summed E-state index contributed by atoms with van der Waals surface area (Å²) in [7, 11) is 0. The summed E-state index contributed by atoms with van der Waals surface area (Å²) in [6.07, 6.45) is 80.5. The van der Waals surface area contributed by atoms with E-state index in [0.29, 0.717) is 19.4 Å². The van der Waals surface area contributed by atoms with Gasteiger partial charge in [-0.05, 0) is 64.2 Å².